The molecule has 18 heavy (non-hydrogen) atoms. The molecule has 1 unspecified atom stereocenters. The average Bonchev–Trinajstić information content (AvgIpc) is 2.71. The molecule has 1 amide bonds. The molecule has 1 heterocycles. The quantitative estimate of drug-likeness (QED) is 0.830. The summed E-state index contributed by atoms with van der Waals surface area (Å²) in [6, 6.07) is 3.19. The molecule has 0 aliphatic heterocycles. The molecule has 0 aliphatic rings. The van der Waals surface area contributed by atoms with Crippen LogP contribution in [0.25, 0.3) is 0 Å². The molecule has 0 fully saturated rings. The number of ether oxygens (including phenoxy) is 1. The van der Waals surface area contributed by atoms with E-state index in [1.807, 2.05) is 32.9 Å². The number of carbonyl (C=O) groups is 1. The highest BCUT2D eigenvalue weighted by Crippen LogP contribution is 2.12. The van der Waals surface area contributed by atoms with E-state index in [9.17, 15) is 4.79 Å². The summed E-state index contributed by atoms with van der Waals surface area (Å²) < 4.78 is 10.4. The zero-order valence-corrected chi connectivity index (χ0v) is 11.5. The van der Waals surface area contributed by atoms with Crippen LogP contribution in [-0.4, -0.2) is 36.6 Å². The first-order chi connectivity index (χ1) is 8.45. The number of methoxy groups -OCH3 is 1. The number of aryl methyl sites for hydroxylation is 1. The van der Waals surface area contributed by atoms with Gasteiger partial charge in [-0.1, -0.05) is 0 Å². The summed E-state index contributed by atoms with van der Waals surface area (Å²) in [5.41, 5.74) is 5.78. The maximum Gasteiger partial charge on any atom is 0.242 e. The third-order valence-corrected chi connectivity index (χ3v) is 2.69. The summed E-state index contributed by atoms with van der Waals surface area (Å²) in [4.78, 5) is 13.9. The van der Waals surface area contributed by atoms with E-state index in [4.69, 9.17) is 14.9 Å². The van der Waals surface area contributed by atoms with Crippen LogP contribution in [0.1, 0.15) is 25.4 Å². The Morgan fingerprint density at radius 3 is 2.61 bits per heavy atom. The number of nitrogens with two attached hydrogens (primary N) is 1. The monoisotopic (exact) mass is 254 g/mol. The van der Waals surface area contributed by atoms with Crippen molar-refractivity contribution in [2.75, 3.05) is 13.7 Å². The van der Waals surface area contributed by atoms with Crippen LogP contribution in [0.5, 0.6) is 0 Å². The topological polar surface area (TPSA) is 68.7 Å². The Hall–Kier alpha value is -1.33. The first kappa shape index (κ1) is 14.7. The van der Waals surface area contributed by atoms with Crippen molar-refractivity contribution < 1.29 is 13.9 Å². The van der Waals surface area contributed by atoms with Crippen molar-refractivity contribution in [1.82, 2.24) is 4.90 Å². The Morgan fingerprint density at radius 1 is 1.50 bits per heavy atom. The molecular formula is C13H22N2O3. The Kier molecular flexibility index (Phi) is 5.37. The molecule has 0 aliphatic carbocycles. The molecule has 5 nitrogen and oxygen atoms in total. The van der Waals surface area contributed by atoms with E-state index in [-0.39, 0.29) is 18.6 Å². The molecule has 1 aromatic heterocycles. The predicted octanol–water partition coefficient (Wildman–Crippen LogP) is 1.30. The number of rotatable bonds is 6. The lowest BCUT2D eigenvalue weighted by atomic mass is 10.2. The minimum Gasteiger partial charge on any atom is -0.464 e. The van der Waals surface area contributed by atoms with Crippen LogP contribution in [0.15, 0.2) is 16.5 Å². The van der Waals surface area contributed by atoms with Gasteiger partial charge in [0.05, 0.1) is 13.2 Å². The summed E-state index contributed by atoms with van der Waals surface area (Å²) >= 11 is 0. The maximum atomic E-state index is 12.2. The lowest BCUT2D eigenvalue weighted by molar-refractivity contribution is -0.136. The van der Waals surface area contributed by atoms with Gasteiger partial charge in [-0.3, -0.25) is 4.79 Å². The first-order valence-corrected chi connectivity index (χ1v) is 6.06. The molecule has 1 atom stereocenters. The SMILES string of the molecule is COCC(N)C(=O)N(Cc1ccc(C)o1)C(C)C. The number of hydrogen-bond donors (Lipinski definition) is 1. The van der Waals surface area contributed by atoms with Crippen molar-refractivity contribution in [2.24, 2.45) is 5.73 Å². The van der Waals surface area contributed by atoms with Crippen LogP contribution in [0, 0.1) is 6.92 Å². The van der Waals surface area contributed by atoms with E-state index in [0.717, 1.165) is 11.5 Å². The van der Waals surface area contributed by atoms with E-state index < -0.39 is 6.04 Å². The fourth-order valence-electron chi connectivity index (χ4n) is 1.72. The summed E-state index contributed by atoms with van der Waals surface area (Å²) in [6.45, 7) is 6.43. The van der Waals surface area contributed by atoms with Crippen molar-refractivity contribution in [1.29, 1.82) is 0 Å². The molecule has 0 saturated carbocycles. The third-order valence-electron chi connectivity index (χ3n) is 2.69. The number of nitrogens with zero attached hydrogens (tertiary/aromatic N) is 1. The summed E-state index contributed by atoms with van der Waals surface area (Å²) in [5.74, 6) is 1.47. The molecule has 1 aromatic rings. The van der Waals surface area contributed by atoms with E-state index in [2.05, 4.69) is 0 Å². The van der Waals surface area contributed by atoms with Gasteiger partial charge >= 0.3 is 0 Å². The Morgan fingerprint density at radius 2 is 2.17 bits per heavy atom. The van der Waals surface area contributed by atoms with Crippen molar-refractivity contribution in [3.8, 4) is 0 Å². The van der Waals surface area contributed by atoms with Crippen molar-refractivity contribution in [3.63, 3.8) is 0 Å². The third kappa shape index (κ3) is 3.85. The molecule has 1 rings (SSSR count). The van der Waals surface area contributed by atoms with Gasteiger partial charge in [0.15, 0.2) is 0 Å². The van der Waals surface area contributed by atoms with Crippen LogP contribution in [0.4, 0.5) is 0 Å². The first-order valence-electron chi connectivity index (χ1n) is 6.06. The van der Waals surface area contributed by atoms with Gasteiger partial charge in [0.2, 0.25) is 5.91 Å². The van der Waals surface area contributed by atoms with Gasteiger partial charge < -0.3 is 19.8 Å². The minimum absolute atomic E-state index is 0.0609. The van der Waals surface area contributed by atoms with Crippen molar-refractivity contribution in [2.45, 2.75) is 39.4 Å². The highest BCUT2D eigenvalue weighted by atomic mass is 16.5. The molecule has 5 heteroatoms. The molecule has 0 radical (unpaired) electrons. The van der Waals surface area contributed by atoms with Gasteiger partial charge in [0.1, 0.15) is 17.6 Å². The zero-order valence-electron chi connectivity index (χ0n) is 11.5. The molecule has 102 valence electrons. The summed E-state index contributed by atoms with van der Waals surface area (Å²) in [6.07, 6.45) is 0. The normalized spacial score (nSPS) is 12.8. The maximum absolute atomic E-state index is 12.2. The summed E-state index contributed by atoms with van der Waals surface area (Å²) in [7, 11) is 1.53. The van der Waals surface area contributed by atoms with E-state index in [0.29, 0.717) is 6.54 Å². The second-order valence-corrected chi connectivity index (χ2v) is 4.63. The van der Waals surface area contributed by atoms with Crippen molar-refractivity contribution >= 4 is 5.91 Å². The van der Waals surface area contributed by atoms with Gasteiger partial charge in [0, 0.05) is 13.2 Å². The fourth-order valence-corrected chi connectivity index (χ4v) is 1.72. The number of carbonyl (C=O) groups excluding carboxylic acids is 1. The second-order valence-electron chi connectivity index (χ2n) is 4.63. The van der Waals surface area contributed by atoms with Crippen LogP contribution in [0.3, 0.4) is 0 Å². The Bertz CT molecular complexity index is 387. The minimum atomic E-state index is -0.631. The molecule has 2 N–H and O–H groups in total. The predicted molar refractivity (Wildman–Crippen MR) is 69.0 cm³/mol. The highest BCUT2D eigenvalue weighted by Gasteiger charge is 2.24. The van der Waals surface area contributed by atoms with Crippen molar-refractivity contribution in [3.05, 3.63) is 23.7 Å². The second kappa shape index (κ2) is 6.56. The van der Waals surface area contributed by atoms with E-state index in [1.54, 1.807) is 4.90 Å². The largest absolute Gasteiger partial charge is 0.464 e. The van der Waals surface area contributed by atoms with Gasteiger partial charge in [-0.15, -0.1) is 0 Å². The Balaban J connectivity index is 2.73. The fraction of sp³-hybridized carbons (Fsp3) is 0.615. The van der Waals surface area contributed by atoms with Gasteiger partial charge in [0.25, 0.3) is 0 Å². The highest BCUT2D eigenvalue weighted by molar-refractivity contribution is 5.82. The van der Waals surface area contributed by atoms with E-state index in [1.165, 1.54) is 7.11 Å². The van der Waals surface area contributed by atoms with Crippen LogP contribution in [0.2, 0.25) is 0 Å². The van der Waals surface area contributed by atoms with Crippen LogP contribution >= 0.6 is 0 Å². The summed E-state index contributed by atoms with van der Waals surface area (Å²) in [5, 5.41) is 0. The van der Waals surface area contributed by atoms with Gasteiger partial charge in [-0.2, -0.15) is 0 Å². The molecule has 0 spiro atoms. The number of amides is 1. The lowest BCUT2D eigenvalue weighted by Gasteiger charge is -2.28. The smallest absolute Gasteiger partial charge is 0.242 e. The average molecular weight is 254 g/mol. The van der Waals surface area contributed by atoms with Crippen LogP contribution < -0.4 is 5.73 Å². The lowest BCUT2D eigenvalue weighted by Crippen LogP contribution is -2.48. The standard InChI is InChI=1S/C13H22N2O3/c1-9(2)15(13(16)12(14)8-17-4)7-11-6-5-10(3)18-11/h5-6,9,12H,7-8,14H2,1-4H3. The number of hydrogen-bond acceptors (Lipinski definition) is 4. The molecule has 0 bridgehead atoms. The van der Waals surface area contributed by atoms with Gasteiger partial charge in [-0.05, 0) is 32.9 Å². The molecule has 0 aromatic carbocycles. The number of furan rings is 1. The molecular weight excluding hydrogens is 232 g/mol. The van der Waals surface area contributed by atoms with E-state index >= 15 is 0 Å². The van der Waals surface area contributed by atoms with Gasteiger partial charge in [-0.25, -0.2) is 0 Å². The molecule has 0 saturated heterocycles. The Labute approximate surface area is 108 Å². The zero-order chi connectivity index (χ0) is 13.7. The van der Waals surface area contributed by atoms with Crippen LogP contribution in [-0.2, 0) is 16.1 Å².